The van der Waals surface area contributed by atoms with Gasteiger partial charge in [0.15, 0.2) is 0 Å². The van der Waals surface area contributed by atoms with Crippen molar-refractivity contribution in [2.75, 3.05) is 0 Å². The maximum absolute atomic E-state index is 11.0. The zero-order chi connectivity index (χ0) is 10.6. The molecule has 0 atom stereocenters. The Morgan fingerprint density at radius 2 is 2.50 bits per heavy atom. The molecule has 0 aliphatic carbocycles. The number of nitrogens with zero attached hydrogens (tertiary/aromatic N) is 2. The van der Waals surface area contributed by atoms with Crippen LogP contribution in [0.3, 0.4) is 0 Å². The first kappa shape index (κ1) is 10.2. The summed E-state index contributed by atoms with van der Waals surface area (Å²) in [7, 11) is 0. The third-order valence-electron chi connectivity index (χ3n) is 1.48. The molecular weight excluding hydrogens is 184 g/mol. The van der Waals surface area contributed by atoms with Crippen molar-refractivity contribution in [1.82, 2.24) is 9.78 Å². The highest BCUT2D eigenvalue weighted by molar-refractivity contribution is 5.76. The molecule has 0 bridgehead atoms. The molecule has 0 saturated carbocycles. The first-order valence-electron chi connectivity index (χ1n) is 4.24. The summed E-state index contributed by atoms with van der Waals surface area (Å²) in [5.74, 6) is -0.386. The number of carbonyl (C=O) groups is 1. The Labute approximate surface area is 81.2 Å². The predicted octanol–water partition coefficient (Wildman–Crippen LogP) is 0.330. The lowest BCUT2D eigenvalue weighted by Gasteiger charge is -1.98. The van der Waals surface area contributed by atoms with Crippen molar-refractivity contribution >= 4 is 11.9 Å². The highest BCUT2D eigenvalue weighted by atomic mass is 16.5. The van der Waals surface area contributed by atoms with Crippen LogP contribution in [0.25, 0.3) is 0 Å². The van der Waals surface area contributed by atoms with E-state index in [-0.39, 0.29) is 17.8 Å². The maximum Gasteiger partial charge on any atom is 0.312 e. The van der Waals surface area contributed by atoms with E-state index in [0.717, 1.165) is 11.1 Å². The average molecular weight is 196 g/mol. The Morgan fingerprint density at radius 1 is 1.79 bits per heavy atom. The fourth-order valence-corrected chi connectivity index (χ4v) is 0.868. The molecule has 6 nitrogen and oxygen atoms in total. The molecule has 1 aromatic heterocycles. The molecule has 76 valence electrons. The standard InChI is InChI=1S/C8H12N4O2/c1-2-3-7(13)14-6-4-5-12(11-6)8(9)10/h4-5H,2-3H2,1H3,(H3,9,10). The number of ether oxygens (including phenoxy) is 1. The predicted molar refractivity (Wildman–Crippen MR) is 50.1 cm³/mol. The molecule has 0 aromatic carbocycles. The fourth-order valence-electron chi connectivity index (χ4n) is 0.868. The Kier molecular flexibility index (Phi) is 3.22. The van der Waals surface area contributed by atoms with Gasteiger partial charge in [0.2, 0.25) is 11.8 Å². The van der Waals surface area contributed by atoms with Crippen LogP contribution in [0, 0.1) is 5.41 Å². The number of hydrogen-bond donors (Lipinski definition) is 2. The van der Waals surface area contributed by atoms with Crippen molar-refractivity contribution in [1.29, 1.82) is 5.41 Å². The Bertz CT molecular complexity index is 345. The number of carbonyl (C=O) groups excluding carboxylic acids is 1. The molecule has 0 unspecified atom stereocenters. The third-order valence-corrected chi connectivity index (χ3v) is 1.48. The second kappa shape index (κ2) is 4.40. The van der Waals surface area contributed by atoms with E-state index in [2.05, 4.69) is 5.10 Å². The van der Waals surface area contributed by atoms with Crippen LogP contribution in [-0.4, -0.2) is 21.7 Å². The van der Waals surface area contributed by atoms with Gasteiger partial charge in [0.05, 0.1) is 0 Å². The second-order valence-electron chi connectivity index (χ2n) is 2.71. The number of rotatable bonds is 3. The Hall–Kier alpha value is -1.85. The lowest BCUT2D eigenvalue weighted by molar-refractivity contribution is -0.134. The van der Waals surface area contributed by atoms with Gasteiger partial charge in [0.25, 0.3) is 0 Å². The molecule has 0 amide bonds. The molecule has 14 heavy (non-hydrogen) atoms. The number of esters is 1. The quantitative estimate of drug-likeness (QED) is 0.414. The molecule has 0 fully saturated rings. The van der Waals surface area contributed by atoms with Crippen molar-refractivity contribution in [2.45, 2.75) is 19.8 Å². The van der Waals surface area contributed by atoms with Crippen molar-refractivity contribution in [3.05, 3.63) is 12.3 Å². The van der Waals surface area contributed by atoms with E-state index < -0.39 is 0 Å². The molecule has 0 aliphatic heterocycles. The molecule has 3 N–H and O–H groups in total. The monoisotopic (exact) mass is 196 g/mol. The first-order chi connectivity index (χ1) is 6.63. The lowest BCUT2D eigenvalue weighted by atomic mass is 10.3. The second-order valence-corrected chi connectivity index (χ2v) is 2.71. The van der Waals surface area contributed by atoms with Crippen LogP contribution in [0.2, 0.25) is 0 Å². The topological polar surface area (TPSA) is 94.0 Å². The van der Waals surface area contributed by atoms with Gasteiger partial charge >= 0.3 is 5.97 Å². The van der Waals surface area contributed by atoms with Crippen LogP contribution in [0.15, 0.2) is 12.3 Å². The summed E-state index contributed by atoms with van der Waals surface area (Å²) >= 11 is 0. The van der Waals surface area contributed by atoms with Crippen molar-refractivity contribution < 1.29 is 9.53 Å². The van der Waals surface area contributed by atoms with Crippen LogP contribution in [0.1, 0.15) is 19.8 Å². The minimum atomic E-state index is -0.332. The van der Waals surface area contributed by atoms with Crippen LogP contribution in [-0.2, 0) is 4.79 Å². The molecule has 6 heteroatoms. The molecule has 0 aliphatic rings. The number of nitrogens with two attached hydrogens (primary N) is 1. The Balaban J connectivity index is 2.59. The van der Waals surface area contributed by atoms with Gasteiger partial charge in [0.1, 0.15) is 0 Å². The number of aromatic nitrogens is 2. The summed E-state index contributed by atoms with van der Waals surface area (Å²) < 4.78 is 5.98. The van der Waals surface area contributed by atoms with E-state index in [1.807, 2.05) is 6.92 Å². The highest BCUT2D eigenvalue weighted by Gasteiger charge is 2.06. The largest absolute Gasteiger partial charge is 0.406 e. The summed E-state index contributed by atoms with van der Waals surface area (Å²) in [6.07, 6.45) is 2.54. The number of hydrogen-bond acceptors (Lipinski definition) is 4. The molecule has 0 radical (unpaired) electrons. The average Bonchev–Trinajstić information content (AvgIpc) is 2.53. The summed E-state index contributed by atoms with van der Waals surface area (Å²) in [5, 5.41) is 10.8. The summed E-state index contributed by atoms with van der Waals surface area (Å²) in [6, 6.07) is 1.48. The van der Waals surface area contributed by atoms with Gasteiger partial charge in [-0.25, -0.2) is 4.68 Å². The fraction of sp³-hybridized carbons (Fsp3) is 0.375. The van der Waals surface area contributed by atoms with E-state index in [9.17, 15) is 4.79 Å². The highest BCUT2D eigenvalue weighted by Crippen LogP contribution is 2.06. The van der Waals surface area contributed by atoms with E-state index in [0.29, 0.717) is 6.42 Å². The third kappa shape index (κ3) is 2.58. The smallest absolute Gasteiger partial charge is 0.312 e. The molecule has 1 rings (SSSR count). The van der Waals surface area contributed by atoms with E-state index >= 15 is 0 Å². The zero-order valence-corrected chi connectivity index (χ0v) is 7.86. The molecular formula is C8H12N4O2. The van der Waals surface area contributed by atoms with Gasteiger partial charge in [-0.1, -0.05) is 6.92 Å². The summed E-state index contributed by atoms with van der Waals surface area (Å²) in [5.41, 5.74) is 5.16. The van der Waals surface area contributed by atoms with E-state index in [4.69, 9.17) is 15.9 Å². The van der Waals surface area contributed by atoms with Crippen LogP contribution < -0.4 is 10.5 Å². The maximum atomic E-state index is 11.0. The SMILES string of the molecule is CCCC(=O)Oc1ccn(C(=N)N)n1. The number of nitrogens with one attached hydrogen (secondary N) is 1. The molecule has 1 aromatic rings. The van der Waals surface area contributed by atoms with Gasteiger partial charge < -0.3 is 10.5 Å². The Morgan fingerprint density at radius 3 is 3.00 bits per heavy atom. The number of nitrogen functional groups attached to an aromatic ring is 1. The minimum Gasteiger partial charge on any atom is -0.406 e. The minimum absolute atomic E-state index is 0.165. The van der Waals surface area contributed by atoms with Gasteiger partial charge in [-0.2, -0.15) is 0 Å². The molecule has 0 spiro atoms. The van der Waals surface area contributed by atoms with Gasteiger partial charge in [-0.05, 0) is 6.42 Å². The summed E-state index contributed by atoms with van der Waals surface area (Å²) in [4.78, 5) is 11.0. The van der Waals surface area contributed by atoms with E-state index in [1.165, 1.54) is 12.3 Å². The van der Waals surface area contributed by atoms with Crippen molar-refractivity contribution in [2.24, 2.45) is 5.73 Å². The van der Waals surface area contributed by atoms with Crippen LogP contribution in [0.5, 0.6) is 5.88 Å². The van der Waals surface area contributed by atoms with Crippen LogP contribution >= 0.6 is 0 Å². The molecule has 0 saturated heterocycles. The van der Waals surface area contributed by atoms with E-state index in [1.54, 1.807) is 0 Å². The summed E-state index contributed by atoms with van der Waals surface area (Å²) in [6.45, 7) is 1.88. The first-order valence-corrected chi connectivity index (χ1v) is 4.24. The van der Waals surface area contributed by atoms with Crippen molar-refractivity contribution in [3.8, 4) is 5.88 Å². The molecule has 1 heterocycles. The lowest BCUT2D eigenvalue weighted by Crippen LogP contribution is -2.21. The zero-order valence-electron chi connectivity index (χ0n) is 7.86. The van der Waals surface area contributed by atoms with Gasteiger partial charge in [-0.3, -0.25) is 10.2 Å². The van der Waals surface area contributed by atoms with Crippen LogP contribution in [0.4, 0.5) is 0 Å². The van der Waals surface area contributed by atoms with Crippen molar-refractivity contribution in [3.63, 3.8) is 0 Å². The normalized spacial score (nSPS) is 9.79. The van der Waals surface area contributed by atoms with Gasteiger partial charge in [-0.15, -0.1) is 5.10 Å². The van der Waals surface area contributed by atoms with Gasteiger partial charge in [0, 0.05) is 18.7 Å².